The molecule has 0 saturated heterocycles. The van der Waals surface area contributed by atoms with Crippen LogP contribution in [-0.4, -0.2) is 20.0 Å². The summed E-state index contributed by atoms with van der Waals surface area (Å²) in [6, 6.07) is 6.61. The first kappa shape index (κ1) is 14.2. The van der Waals surface area contributed by atoms with Crippen molar-refractivity contribution in [2.24, 2.45) is 0 Å². The average Bonchev–Trinajstić information content (AvgIpc) is 2.75. The van der Waals surface area contributed by atoms with E-state index in [1.54, 1.807) is 35.6 Å². The van der Waals surface area contributed by atoms with E-state index >= 15 is 0 Å². The van der Waals surface area contributed by atoms with E-state index in [0.29, 0.717) is 6.42 Å². The molecular formula is C13H15NO3S2. The Balaban J connectivity index is 1.96. The quantitative estimate of drug-likeness (QED) is 0.796. The SMILES string of the molecule is Cc1ccc(S(=O)(=O)OCCc2csc(C)n2)cc1. The predicted molar refractivity (Wildman–Crippen MR) is 74.9 cm³/mol. The second-order valence-corrected chi connectivity index (χ2v) is 6.87. The van der Waals surface area contributed by atoms with Crippen molar-refractivity contribution in [3.05, 3.63) is 45.9 Å². The van der Waals surface area contributed by atoms with Crippen LogP contribution < -0.4 is 0 Å². The van der Waals surface area contributed by atoms with Gasteiger partial charge < -0.3 is 0 Å². The van der Waals surface area contributed by atoms with Crippen molar-refractivity contribution in [3.8, 4) is 0 Å². The maximum absolute atomic E-state index is 11.9. The second-order valence-electron chi connectivity index (χ2n) is 4.20. The first-order chi connectivity index (χ1) is 8.97. The summed E-state index contributed by atoms with van der Waals surface area (Å²) in [7, 11) is -3.66. The molecule has 0 bridgehead atoms. The molecule has 0 unspecified atom stereocenters. The van der Waals surface area contributed by atoms with Crippen LogP contribution >= 0.6 is 11.3 Å². The van der Waals surface area contributed by atoms with Gasteiger partial charge in [0.2, 0.25) is 0 Å². The summed E-state index contributed by atoms with van der Waals surface area (Å²) >= 11 is 1.54. The summed E-state index contributed by atoms with van der Waals surface area (Å²) in [6.07, 6.45) is 0.495. The molecule has 4 nitrogen and oxygen atoms in total. The van der Waals surface area contributed by atoms with E-state index in [1.165, 1.54) is 0 Å². The van der Waals surface area contributed by atoms with E-state index in [0.717, 1.165) is 16.3 Å². The molecule has 0 N–H and O–H groups in total. The van der Waals surface area contributed by atoms with Gasteiger partial charge in [-0.05, 0) is 26.0 Å². The van der Waals surface area contributed by atoms with Crippen LogP contribution in [0.3, 0.4) is 0 Å². The van der Waals surface area contributed by atoms with E-state index < -0.39 is 10.1 Å². The number of hydrogen-bond donors (Lipinski definition) is 0. The van der Waals surface area contributed by atoms with Gasteiger partial charge in [0.25, 0.3) is 10.1 Å². The van der Waals surface area contributed by atoms with E-state index in [1.807, 2.05) is 19.2 Å². The lowest BCUT2D eigenvalue weighted by atomic mass is 10.2. The Morgan fingerprint density at radius 3 is 2.47 bits per heavy atom. The minimum absolute atomic E-state index is 0.110. The van der Waals surface area contributed by atoms with Gasteiger partial charge in [-0.1, -0.05) is 17.7 Å². The molecule has 0 radical (unpaired) electrons. The molecule has 6 heteroatoms. The number of thiazole rings is 1. The van der Waals surface area contributed by atoms with Gasteiger partial charge in [-0.15, -0.1) is 11.3 Å². The monoisotopic (exact) mass is 297 g/mol. The first-order valence-corrected chi connectivity index (χ1v) is 8.13. The van der Waals surface area contributed by atoms with Crippen molar-refractivity contribution in [2.45, 2.75) is 25.2 Å². The molecule has 1 heterocycles. The van der Waals surface area contributed by atoms with Crippen molar-refractivity contribution in [1.29, 1.82) is 0 Å². The molecule has 102 valence electrons. The number of rotatable bonds is 5. The molecular weight excluding hydrogens is 282 g/mol. The number of nitrogens with zero attached hydrogens (tertiary/aromatic N) is 1. The Hall–Kier alpha value is -1.24. The maximum atomic E-state index is 11.9. The number of aryl methyl sites for hydroxylation is 2. The normalized spacial score (nSPS) is 11.7. The summed E-state index contributed by atoms with van der Waals surface area (Å²) in [5.41, 5.74) is 1.87. The zero-order valence-electron chi connectivity index (χ0n) is 10.8. The van der Waals surface area contributed by atoms with Gasteiger partial charge >= 0.3 is 0 Å². The van der Waals surface area contributed by atoms with Crippen LogP contribution in [0.15, 0.2) is 34.5 Å². The minimum atomic E-state index is -3.66. The summed E-state index contributed by atoms with van der Waals surface area (Å²) < 4.78 is 28.8. The van der Waals surface area contributed by atoms with Gasteiger partial charge in [0.15, 0.2) is 0 Å². The average molecular weight is 297 g/mol. The van der Waals surface area contributed by atoms with Gasteiger partial charge in [-0.2, -0.15) is 8.42 Å². The highest BCUT2D eigenvalue weighted by Crippen LogP contribution is 2.14. The van der Waals surface area contributed by atoms with Gasteiger partial charge in [-0.25, -0.2) is 4.98 Å². The molecule has 0 saturated carbocycles. The van der Waals surface area contributed by atoms with E-state index in [-0.39, 0.29) is 11.5 Å². The van der Waals surface area contributed by atoms with Crippen LogP contribution in [0, 0.1) is 13.8 Å². The summed E-state index contributed by atoms with van der Waals surface area (Å²) in [5.74, 6) is 0. The van der Waals surface area contributed by atoms with Crippen molar-refractivity contribution in [1.82, 2.24) is 4.98 Å². The molecule has 0 amide bonds. The number of hydrogen-bond acceptors (Lipinski definition) is 5. The maximum Gasteiger partial charge on any atom is 0.296 e. The lowest BCUT2D eigenvalue weighted by Gasteiger charge is -2.05. The van der Waals surface area contributed by atoms with Crippen LogP contribution in [0.2, 0.25) is 0 Å². The molecule has 2 aromatic rings. The van der Waals surface area contributed by atoms with Gasteiger partial charge in [0, 0.05) is 11.8 Å². The second kappa shape index (κ2) is 5.81. The summed E-state index contributed by atoms with van der Waals surface area (Å²) in [4.78, 5) is 4.45. The molecule has 0 aliphatic carbocycles. The zero-order chi connectivity index (χ0) is 13.9. The fraction of sp³-hybridized carbons (Fsp3) is 0.308. The molecule has 19 heavy (non-hydrogen) atoms. The fourth-order valence-electron chi connectivity index (χ4n) is 1.55. The molecule has 0 spiro atoms. The summed E-state index contributed by atoms with van der Waals surface area (Å²) in [6.45, 7) is 3.93. The van der Waals surface area contributed by atoms with Crippen LogP contribution in [0.1, 0.15) is 16.3 Å². The zero-order valence-corrected chi connectivity index (χ0v) is 12.4. The Morgan fingerprint density at radius 1 is 1.21 bits per heavy atom. The number of aromatic nitrogens is 1. The summed E-state index contributed by atoms with van der Waals surface area (Å²) in [5, 5.41) is 2.88. The predicted octanol–water partition coefficient (Wildman–Crippen LogP) is 2.71. The third-order valence-corrected chi connectivity index (χ3v) is 4.72. The number of benzene rings is 1. The topological polar surface area (TPSA) is 56.3 Å². The molecule has 0 aliphatic heterocycles. The Morgan fingerprint density at radius 2 is 1.89 bits per heavy atom. The van der Waals surface area contributed by atoms with Crippen molar-refractivity contribution < 1.29 is 12.6 Å². The third-order valence-electron chi connectivity index (χ3n) is 2.57. The van der Waals surface area contributed by atoms with Crippen LogP contribution in [-0.2, 0) is 20.7 Å². The van der Waals surface area contributed by atoms with E-state index in [9.17, 15) is 8.42 Å². The van der Waals surface area contributed by atoms with E-state index in [4.69, 9.17) is 4.18 Å². The lowest BCUT2D eigenvalue weighted by Crippen LogP contribution is -2.09. The van der Waals surface area contributed by atoms with Crippen molar-refractivity contribution in [3.63, 3.8) is 0 Å². The third kappa shape index (κ3) is 3.86. The largest absolute Gasteiger partial charge is 0.296 e. The minimum Gasteiger partial charge on any atom is -0.266 e. The fourth-order valence-corrected chi connectivity index (χ4v) is 3.11. The van der Waals surface area contributed by atoms with Crippen LogP contribution in [0.25, 0.3) is 0 Å². The molecule has 2 rings (SSSR count). The standard InChI is InChI=1S/C13H15NO3S2/c1-10-3-5-13(6-4-10)19(15,16)17-8-7-12-9-18-11(2)14-12/h3-6,9H,7-8H2,1-2H3. The first-order valence-electron chi connectivity index (χ1n) is 5.84. The highest BCUT2D eigenvalue weighted by atomic mass is 32.2. The lowest BCUT2D eigenvalue weighted by molar-refractivity contribution is 0.321. The van der Waals surface area contributed by atoms with Crippen LogP contribution in [0.5, 0.6) is 0 Å². The van der Waals surface area contributed by atoms with Gasteiger partial charge in [-0.3, -0.25) is 4.18 Å². The molecule has 0 atom stereocenters. The smallest absolute Gasteiger partial charge is 0.266 e. The molecule has 1 aromatic carbocycles. The Labute approximate surface area is 117 Å². The molecule has 0 fully saturated rings. The van der Waals surface area contributed by atoms with E-state index in [2.05, 4.69) is 4.98 Å². The Kier molecular flexibility index (Phi) is 4.34. The van der Waals surface area contributed by atoms with Gasteiger partial charge in [0.1, 0.15) is 0 Å². The van der Waals surface area contributed by atoms with Crippen molar-refractivity contribution in [2.75, 3.05) is 6.61 Å². The highest BCUT2D eigenvalue weighted by molar-refractivity contribution is 7.86. The Bertz CT molecular complexity index is 645. The molecule has 1 aromatic heterocycles. The van der Waals surface area contributed by atoms with Gasteiger partial charge in [0.05, 0.1) is 22.2 Å². The van der Waals surface area contributed by atoms with Crippen LogP contribution in [0.4, 0.5) is 0 Å². The molecule has 0 aliphatic rings. The van der Waals surface area contributed by atoms with Crippen molar-refractivity contribution >= 4 is 21.5 Å². The highest BCUT2D eigenvalue weighted by Gasteiger charge is 2.14.